The maximum absolute atomic E-state index is 5.80. The molecule has 0 bridgehead atoms. The van der Waals surface area contributed by atoms with Gasteiger partial charge in [0.1, 0.15) is 0 Å². The predicted molar refractivity (Wildman–Crippen MR) is 102 cm³/mol. The van der Waals surface area contributed by atoms with Gasteiger partial charge in [0.05, 0.1) is 14.2 Å². The predicted octanol–water partition coefficient (Wildman–Crippen LogP) is 5.06. The summed E-state index contributed by atoms with van der Waals surface area (Å²) >= 11 is 0. The zero-order chi connectivity index (χ0) is 17.7. The third kappa shape index (κ3) is 2.22. The second-order valence-electron chi connectivity index (χ2n) is 7.29. The minimum atomic E-state index is 0.465. The Morgan fingerprint density at radius 1 is 1.08 bits per heavy atom. The lowest BCUT2D eigenvalue weighted by Gasteiger charge is -2.32. The highest BCUT2D eigenvalue weighted by atomic mass is 16.5. The van der Waals surface area contributed by atoms with E-state index in [1.807, 2.05) is 6.07 Å². The second-order valence-corrected chi connectivity index (χ2v) is 7.29. The Labute approximate surface area is 150 Å². The van der Waals surface area contributed by atoms with Gasteiger partial charge in [-0.05, 0) is 60.7 Å². The Bertz CT molecular complexity index is 827. The molecule has 0 saturated heterocycles. The van der Waals surface area contributed by atoms with Crippen molar-refractivity contribution in [1.29, 1.82) is 0 Å². The van der Waals surface area contributed by atoms with Crippen LogP contribution in [0.5, 0.6) is 11.5 Å². The summed E-state index contributed by atoms with van der Waals surface area (Å²) in [4.78, 5) is 2.58. The number of rotatable bonds is 4. The molecule has 0 fully saturated rings. The van der Waals surface area contributed by atoms with Crippen LogP contribution < -0.4 is 9.47 Å². The molecule has 2 aromatic carbocycles. The Morgan fingerprint density at radius 3 is 2.56 bits per heavy atom. The summed E-state index contributed by atoms with van der Waals surface area (Å²) in [5.74, 6) is 1.68. The molecule has 0 spiro atoms. The van der Waals surface area contributed by atoms with Crippen molar-refractivity contribution in [2.75, 3.05) is 21.3 Å². The fourth-order valence-corrected chi connectivity index (χ4v) is 4.87. The minimum Gasteiger partial charge on any atom is -0.493 e. The molecule has 132 valence electrons. The Hall–Kier alpha value is -2.00. The normalized spacial score (nSPS) is 21.0. The van der Waals surface area contributed by atoms with E-state index in [0.717, 1.165) is 17.9 Å². The molecule has 0 saturated carbocycles. The summed E-state index contributed by atoms with van der Waals surface area (Å²) in [6.45, 7) is 4.49. The molecule has 0 aromatic heterocycles. The van der Waals surface area contributed by atoms with Crippen LogP contribution in [-0.4, -0.2) is 26.2 Å². The number of fused-ring (bicyclic) bond motifs is 2. The van der Waals surface area contributed by atoms with Crippen LogP contribution in [0.2, 0.25) is 0 Å². The summed E-state index contributed by atoms with van der Waals surface area (Å²) in [7, 11) is 5.74. The SMILES string of the molecule is CCC[C@H]1c2ccc(C)c3c2[C@@H](Cc2ccc(OC)c(OC)c2-3)N1C. The average molecular weight is 337 g/mol. The van der Waals surface area contributed by atoms with E-state index in [1.54, 1.807) is 14.2 Å². The number of hydrogen-bond acceptors (Lipinski definition) is 3. The minimum absolute atomic E-state index is 0.465. The summed E-state index contributed by atoms with van der Waals surface area (Å²) in [5, 5.41) is 0. The smallest absolute Gasteiger partial charge is 0.168 e. The van der Waals surface area contributed by atoms with Gasteiger partial charge >= 0.3 is 0 Å². The van der Waals surface area contributed by atoms with Crippen molar-refractivity contribution in [3.8, 4) is 22.6 Å². The first-order valence-electron chi connectivity index (χ1n) is 9.21. The Morgan fingerprint density at radius 2 is 1.88 bits per heavy atom. The van der Waals surface area contributed by atoms with Gasteiger partial charge in [-0.3, -0.25) is 4.90 Å². The summed E-state index contributed by atoms with van der Waals surface area (Å²) in [5.41, 5.74) is 8.30. The van der Waals surface area contributed by atoms with Crippen LogP contribution in [0.25, 0.3) is 11.1 Å². The van der Waals surface area contributed by atoms with Gasteiger partial charge < -0.3 is 9.47 Å². The van der Waals surface area contributed by atoms with E-state index < -0.39 is 0 Å². The fraction of sp³-hybridized carbons (Fsp3) is 0.455. The Balaban J connectivity index is 2.01. The lowest BCUT2D eigenvalue weighted by atomic mass is 9.79. The molecule has 0 amide bonds. The van der Waals surface area contributed by atoms with E-state index >= 15 is 0 Å². The number of benzene rings is 2. The number of likely N-dealkylation sites (N-methyl/N-ethyl adjacent to an activating group) is 1. The molecule has 2 atom stereocenters. The number of aryl methyl sites for hydroxylation is 1. The molecule has 0 radical (unpaired) electrons. The monoisotopic (exact) mass is 337 g/mol. The number of ether oxygens (including phenoxy) is 2. The van der Waals surface area contributed by atoms with Crippen LogP contribution in [-0.2, 0) is 6.42 Å². The lowest BCUT2D eigenvalue weighted by molar-refractivity contribution is 0.194. The van der Waals surface area contributed by atoms with Gasteiger partial charge in [0, 0.05) is 17.6 Å². The molecule has 1 heterocycles. The fourth-order valence-electron chi connectivity index (χ4n) is 4.87. The van der Waals surface area contributed by atoms with Crippen LogP contribution in [0, 0.1) is 6.92 Å². The average Bonchev–Trinajstić information content (AvgIpc) is 2.89. The van der Waals surface area contributed by atoms with Gasteiger partial charge in [-0.1, -0.05) is 31.5 Å². The maximum Gasteiger partial charge on any atom is 0.168 e. The van der Waals surface area contributed by atoms with Gasteiger partial charge in [-0.25, -0.2) is 0 Å². The van der Waals surface area contributed by atoms with E-state index in [-0.39, 0.29) is 0 Å². The van der Waals surface area contributed by atoms with Crippen molar-refractivity contribution in [3.63, 3.8) is 0 Å². The standard InChI is InChI=1S/C22H27NO2/c1-6-7-16-15-10-8-13(2)19-20-14(12-17(21(15)19)23(16)3)9-11-18(24-4)22(20)25-5/h8-11,16-17H,6-7,12H2,1-5H3/t16-,17+/m0/s1. The topological polar surface area (TPSA) is 21.7 Å². The Kier molecular flexibility index (Phi) is 3.99. The van der Waals surface area contributed by atoms with E-state index in [2.05, 4.69) is 44.0 Å². The van der Waals surface area contributed by atoms with Crippen molar-refractivity contribution in [2.45, 2.75) is 45.2 Å². The van der Waals surface area contributed by atoms with Crippen molar-refractivity contribution < 1.29 is 9.47 Å². The van der Waals surface area contributed by atoms with Gasteiger partial charge in [0.2, 0.25) is 0 Å². The zero-order valence-corrected chi connectivity index (χ0v) is 15.8. The number of methoxy groups -OCH3 is 2. The van der Waals surface area contributed by atoms with Crippen LogP contribution in [0.1, 0.15) is 54.1 Å². The van der Waals surface area contributed by atoms with E-state index in [1.165, 1.54) is 46.2 Å². The highest BCUT2D eigenvalue weighted by Crippen LogP contribution is 2.56. The summed E-state index contributed by atoms with van der Waals surface area (Å²) in [6, 6.07) is 9.87. The number of hydrogen-bond donors (Lipinski definition) is 0. The highest BCUT2D eigenvalue weighted by molar-refractivity contribution is 5.85. The molecule has 4 rings (SSSR count). The van der Waals surface area contributed by atoms with Crippen molar-refractivity contribution >= 4 is 0 Å². The lowest BCUT2D eigenvalue weighted by Crippen LogP contribution is -2.25. The third-order valence-electron chi connectivity index (χ3n) is 6.02. The van der Waals surface area contributed by atoms with Gasteiger partial charge in [0.15, 0.2) is 11.5 Å². The molecule has 0 N–H and O–H groups in total. The quantitative estimate of drug-likeness (QED) is 0.778. The molecule has 2 aliphatic rings. The zero-order valence-electron chi connectivity index (χ0n) is 15.8. The van der Waals surface area contributed by atoms with Crippen LogP contribution >= 0.6 is 0 Å². The molecule has 1 aliphatic carbocycles. The first-order valence-corrected chi connectivity index (χ1v) is 9.21. The molecule has 0 unspecified atom stereocenters. The first kappa shape index (κ1) is 16.5. The van der Waals surface area contributed by atoms with Crippen molar-refractivity contribution in [3.05, 3.63) is 46.5 Å². The number of nitrogens with zero attached hydrogens (tertiary/aromatic N) is 1. The van der Waals surface area contributed by atoms with Crippen molar-refractivity contribution in [1.82, 2.24) is 4.90 Å². The molecular weight excluding hydrogens is 310 g/mol. The molecule has 3 heteroatoms. The van der Waals surface area contributed by atoms with Gasteiger partial charge in [-0.2, -0.15) is 0 Å². The van der Waals surface area contributed by atoms with Crippen molar-refractivity contribution in [2.24, 2.45) is 0 Å². The molecular formula is C22H27NO2. The maximum atomic E-state index is 5.80. The van der Waals surface area contributed by atoms with Crippen LogP contribution in [0.4, 0.5) is 0 Å². The third-order valence-corrected chi connectivity index (χ3v) is 6.02. The van der Waals surface area contributed by atoms with Gasteiger partial charge in [-0.15, -0.1) is 0 Å². The second kappa shape index (κ2) is 6.06. The van der Waals surface area contributed by atoms with Crippen LogP contribution in [0.15, 0.2) is 24.3 Å². The molecule has 3 nitrogen and oxygen atoms in total. The molecule has 2 aromatic rings. The summed E-state index contributed by atoms with van der Waals surface area (Å²) in [6.07, 6.45) is 3.45. The molecule has 1 aliphatic heterocycles. The largest absolute Gasteiger partial charge is 0.493 e. The van der Waals surface area contributed by atoms with E-state index in [0.29, 0.717) is 12.1 Å². The molecule has 25 heavy (non-hydrogen) atoms. The van der Waals surface area contributed by atoms with E-state index in [4.69, 9.17) is 9.47 Å². The van der Waals surface area contributed by atoms with Gasteiger partial charge in [0.25, 0.3) is 0 Å². The highest BCUT2D eigenvalue weighted by Gasteiger charge is 2.41. The summed E-state index contributed by atoms with van der Waals surface area (Å²) < 4.78 is 11.4. The first-order chi connectivity index (χ1) is 12.1. The van der Waals surface area contributed by atoms with E-state index in [9.17, 15) is 0 Å². The van der Waals surface area contributed by atoms with Crippen LogP contribution in [0.3, 0.4) is 0 Å².